The SMILES string of the molecule is COCCC1(CNC2=NCCN2C)CCC1. The van der Waals surface area contributed by atoms with Crippen molar-refractivity contribution < 1.29 is 4.74 Å². The third-order valence-electron chi connectivity index (χ3n) is 3.93. The van der Waals surface area contributed by atoms with Crippen molar-refractivity contribution in [3.8, 4) is 0 Å². The second-order valence-electron chi connectivity index (χ2n) is 5.08. The lowest BCUT2D eigenvalue weighted by molar-refractivity contribution is 0.0729. The van der Waals surface area contributed by atoms with Crippen LogP contribution in [0, 0.1) is 5.41 Å². The van der Waals surface area contributed by atoms with Crippen molar-refractivity contribution in [2.24, 2.45) is 10.4 Å². The van der Waals surface area contributed by atoms with Gasteiger partial charge >= 0.3 is 0 Å². The van der Waals surface area contributed by atoms with Crippen LogP contribution >= 0.6 is 0 Å². The molecule has 0 unspecified atom stereocenters. The quantitative estimate of drug-likeness (QED) is 0.761. The van der Waals surface area contributed by atoms with Crippen molar-refractivity contribution >= 4 is 5.96 Å². The summed E-state index contributed by atoms with van der Waals surface area (Å²) < 4.78 is 5.20. The molecule has 0 spiro atoms. The summed E-state index contributed by atoms with van der Waals surface area (Å²) in [5.41, 5.74) is 0.474. The van der Waals surface area contributed by atoms with E-state index in [1.807, 2.05) is 0 Å². The van der Waals surface area contributed by atoms with E-state index in [0.29, 0.717) is 5.41 Å². The standard InChI is InChI=1S/C12H23N3O/c1-15-8-7-13-11(15)14-10-12(4-3-5-12)6-9-16-2/h3-10H2,1-2H3,(H,13,14). The van der Waals surface area contributed by atoms with Gasteiger partial charge in [-0.25, -0.2) is 0 Å². The van der Waals surface area contributed by atoms with E-state index in [0.717, 1.165) is 32.2 Å². The first-order chi connectivity index (χ1) is 7.76. The maximum atomic E-state index is 5.20. The number of nitrogens with zero attached hydrogens (tertiary/aromatic N) is 2. The van der Waals surface area contributed by atoms with Crippen molar-refractivity contribution in [2.45, 2.75) is 25.7 Å². The highest BCUT2D eigenvalue weighted by molar-refractivity contribution is 5.81. The van der Waals surface area contributed by atoms with E-state index >= 15 is 0 Å². The average Bonchev–Trinajstić information content (AvgIpc) is 2.62. The number of likely N-dealkylation sites (N-methyl/N-ethyl adjacent to an activating group) is 1. The van der Waals surface area contributed by atoms with Gasteiger partial charge in [-0.2, -0.15) is 0 Å². The van der Waals surface area contributed by atoms with E-state index in [1.54, 1.807) is 7.11 Å². The molecule has 0 atom stereocenters. The van der Waals surface area contributed by atoms with Gasteiger partial charge in [0, 0.05) is 33.9 Å². The lowest BCUT2D eigenvalue weighted by Gasteiger charge is -2.42. The highest BCUT2D eigenvalue weighted by Crippen LogP contribution is 2.43. The Morgan fingerprint density at radius 1 is 1.50 bits per heavy atom. The van der Waals surface area contributed by atoms with Gasteiger partial charge in [0.2, 0.25) is 0 Å². The number of guanidine groups is 1. The number of aliphatic imine (C=N–C) groups is 1. The molecule has 92 valence electrons. The molecule has 0 aromatic carbocycles. The zero-order chi connectivity index (χ0) is 11.4. The van der Waals surface area contributed by atoms with Gasteiger partial charge in [0.15, 0.2) is 5.96 Å². The summed E-state index contributed by atoms with van der Waals surface area (Å²) >= 11 is 0. The van der Waals surface area contributed by atoms with Gasteiger partial charge in [0.25, 0.3) is 0 Å². The molecule has 0 aromatic rings. The molecule has 2 rings (SSSR count). The van der Waals surface area contributed by atoms with Gasteiger partial charge in [0.05, 0.1) is 6.54 Å². The van der Waals surface area contributed by atoms with E-state index in [-0.39, 0.29) is 0 Å². The van der Waals surface area contributed by atoms with E-state index < -0.39 is 0 Å². The van der Waals surface area contributed by atoms with Crippen LogP contribution in [0.2, 0.25) is 0 Å². The summed E-state index contributed by atoms with van der Waals surface area (Å²) in [4.78, 5) is 6.66. The molecular weight excluding hydrogens is 202 g/mol. The second kappa shape index (κ2) is 5.04. The molecular formula is C12H23N3O. The first-order valence-corrected chi connectivity index (χ1v) is 6.24. The van der Waals surface area contributed by atoms with Crippen LogP contribution in [-0.2, 0) is 4.74 Å². The monoisotopic (exact) mass is 225 g/mol. The highest BCUT2D eigenvalue weighted by Gasteiger charge is 2.36. The first kappa shape index (κ1) is 11.7. The van der Waals surface area contributed by atoms with Crippen molar-refractivity contribution in [2.75, 3.05) is 40.4 Å². The van der Waals surface area contributed by atoms with E-state index in [9.17, 15) is 0 Å². The second-order valence-corrected chi connectivity index (χ2v) is 5.08. The molecule has 0 radical (unpaired) electrons. The fraction of sp³-hybridized carbons (Fsp3) is 0.917. The van der Waals surface area contributed by atoms with Crippen LogP contribution in [0.4, 0.5) is 0 Å². The van der Waals surface area contributed by atoms with Gasteiger partial charge in [-0.05, 0) is 24.7 Å². The largest absolute Gasteiger partial charge is 0.385 e. The van der Waals surface area contributed by atoms with Gasteiger partial charge < -0.3 is 15.0 Å². The molecule has 1 fully saturated rings. The predicted molar refractivity (Wildman–Crippen MR) is 65.7 cm³/mol. The molecule has 1 heterocycles. The van der Waals surface area contributed by atoms with Crippen LogP contribution < -0.4 is 5.32 Å². The lowest BCUT2D eigenvalue weighted by atomic mass is 9.67. The van der Waals surface area contributed by atoms with E-state index in [4.69, 9.17) is 4.74 Å². The van der Waals surface area contributed by atoms with Crippen molar-refractivity contribution in [1.82, 2.24) is 10.2 Å². The molecule has 1 aliphatic carbocycles. The Morgan fingerprint density at radius 2 is 2.31 bits per heavy atom. The molecule has 4 heteroatoms. The topological polar surface area (TPSA) is 36.9 Å². The fourth-order valence-electron chi connectivity index (χ4n) is 2.50. The summed E-state index contributed by atoms with van der Waals surface area (Å²) in [6.45, 7) is 3.92. The minimum atomic E-state index is 0.474. The smallest absolute Gasteiger partial charge is 0.193 e. The van der Waals surface area contributed by atoms with Crippen LogP contribution in [0.15, 0.2) is 4.99 Å². The van der Waals surface area contributed by atoms with Crippen molar-refractivity contribution in [3.05, 3.63) is 0 Å². The number of rotatable bonds is 5. The Morgan fingerprint density at radius 3 is 2.81 bits per heavy atom. The first-order valence-electron chi connectivity index (χ1n) is 6.24. The Balaban J connectivity index is 1.78. The van der Waals surface area contributed by atoms with Gasteiger partial charge in [-0.1, -0.05) is 6.42 Å². The van der Waals surface area contributed by atoms with Gasteiger partial charge in [0.1, 0.15) is 0 Å². The predicted octanol–water partition coefficient (Wildman–Crippen LogP) is 1.08. The maximum absolute atomic E-state index is 5.20. The summed E-state index contributed by atoms with van der Waals surface area (Å²) in [6.07, 6.45) is 5.21. The summed E-state index contributed by atoms with van der Waals surface area (Å²) in [5, 5.41) is 3.50. The summed E-state index contributed by atoms with van der Waals surface area (Å²) in [7, 11) is 3.88. The lowest BCUT2D eigenvalue weighted by Crippen LogP contribution is -2.46. The van der Waals surface area contributed by atoms with Crippen LogP contribution in [-0.4, -0.2) is 51.3 Å². The van der Waals surface area contributed by atoms with Gasteiger partial charge in [-0.15, -0.1) is 0 Å². The molecule has 0 saturated heterocycles. The number of hydrogen-bond acceptors (Lipinski definition) is 4. The third-order valence-corrected chi connectivity index (χ3v) is 3.93. The number of ether oxygens (including phenoxy) is 1. The summed E-state index contributed by atoms with van der Waals surface area (Å²) in [5.74, 6) is 1.07. The molecule has 1 aliphatic heterocycles. The normalized spacial score (nSPS) is 22.9. The Labute approximate surface area is 98.1 Å². The molecule has 4 nitrogen and oxygen atoms in total. The Kier molecular flexibility index (Phi) is 3.69. The molecule has 0 aromatic heterocycles. The highest BCUT2D eigenvalue weighted by atomic mass is 16.5. The zero-order valence-electron chi connectivity index (χ0n) is 10.5. The van der Waals surface area contributed by atoms with Crippen LogP contribution in [0.3, 0.4) is 0 Å². The number of hydrogen-bond donors (Lipinski definition) is 1. The molecule has 1 saturated carbocycles. The van der Waals surface area contributed by atoms with Crippen LogP contribution in [0.1, 0.15) is 25.7 Å². The van der Waals surface area contributed by atoms with Crippen molar-refractivity contribution in [3.63, 3.8) is 0 Å². The maximum Gasteiger partial charge on any atom is 0.193 e. The minimum Gasteiger partial charge on any atom is -0.385 e. The number of methoxy groups -OCH3 is 1. The van der Waals surface area contributed by atoms with Crippen molar-refractivity contribution in [1.29, 1.82) is 0 Å². The molecule has 0 bridgehead atoms. The molecule has 0 amide bonds. The molecule has 1 N–H and O–H groups in total. The van der Waals surface area contributed by atoms with E-state index in [1.165, 1.54) is 25.7 Å². The van der Waals surface area contributed by atoms with Crippen LogP contribution in [0.5, 0.6) is 0 Å². The number of nitrogens with one attached hydrogen (secondary N) is 1. The fourth-order valence-corrected chi connectivity index (χ4v) is 2.50. The van der Waals surface area contributed by atoms with E-state index in [2.05, 4.69) is 22.3 Å². The zero-order valence-corrected chi connectivity index (χ0v) is 10.5. The van der Waals surface area contributed by atoms with Gasteiger partial charge in [-0.3, -0.25) is 4.99 Å². The minimum absolute atomic E-state index is 0.474. The average molecular weight is 225 g/mol. The molecule has 16 heavy (non-hydrogen) atoms. The third kappa shape index (κ3) is 2.48. The Bertz CT molecular complexity index is 261. The Hall–Kier alpha value is -0.770. The van der Waals surface area contributed by atoms with Crippen LogP contribution in [0.25, 0.3) is 0 Å². The molecule has 2 aliphatic rings. The summed E-state index contributed by atoms with van der Waals surface area (Å²) in [6, 6.07) is 0.